The summed E-state index contributed by atoms with van der Waals surface area (Å²) in [6.45, 7) is 0. The Kier molecular flexibility index (Phi) is 2.94. The highest BCUT2D eigenvalue weighted by Crippen LogP contribution is 2.31. The van der Waals surface area contributed by atoms with Crippen LogP contribution in [0.4, 0.5) is 0 Å². The Morgan fingerprint density at radius 2 is 2.08 bits per heavy atom. The van der Waals surface area contributed by atoms with E-state index in [1.54, 1.807) is 0 Å². The molecular formula is C10H12BrN2. The minimum Gasteiger partial charge on any atom is -0.250 e. The van der Waals surface area contributed by atoms with Crippen molar-refractivity contribution >= 4 is 15.9 Å². The molecule has 69 valence electrons. The van der Waals surface area contributed by atoms with Crippen LogP contribution in [0.15, 0.2) is 10.8 Å². The fraction of sp³-hybridized carbons (Fsp3) is 0.600. The third-order valence-electron chi connectivity index (χ3n) is 2.60. The van der Waals surface area contributed by atoms with E-state index in [0.29, 0.717) is 5.92 Å². The van der Waals surface area contributed by atoms with Crippen LogP contribution in [0.3, 0.4) is 0 Å². The van der Waals surface area contributed by atoms with Gasteiger partial charge in [0, 0.05) is 12.1 Å². The summed E-state index contributed by atoms with van der Waals surface area (Å²) in [5.74, 6) is 0.632. The number of nitrogens with zero attached hydrogens (tertiary/aromatic N) is 2. The van der Waals surface area contributed by atoms with Gasteiger partial charge in [-0.3, -0.25) is 0 Å². The Morgan fingerprint density at radius 1 is 1.31 bits per heavy atom. The second kappa shape index (κ2) is 4.18. The van der Waals surface area contributed by atoms with Gasteiger partial charge in [-0.15, -0.1) is 0 Å². The zero-order chi connectivity index (χ0) is 9.10. The molecule has 1 aliphatic rings. The van der Waals surface area contributed by atoms with Crippen LogP contribution in [-0.2, 0) is 0 Å². The van der Waals surface area contributed by atoms with Gasteiger partial charge in [-0.2, -0.15) is 0 Å². The molecule has 0 aliphatic heterocycles. The molecule has 1 heterocycles. The van der Waals surface area contributed by atoms with Crippen LogP contribution in [0.5, 0.6) is 0 Å². The van der Waals surface area contributed by atoms with Gasteiger partial charge in [0.25, 0.3) is 0 Å². The Bertz CT molecular complexity index is 282. The van der Waals surface area contributed by atoms with Gasteiger partial charge in [-0.05, 0) is 28.8 Å². The highest BCUT2D eigenvalue weighted by Gasteiger charge is 2.16. The SMILES string of the molecule is Brc1[c]ncc(C2CCCCC2)n1. The molecule has 13 heavy (non-hydrogen) atoms. The maximum atomic E-state index is 4.40. The van der Waals surface area contributed by atoms with Crippen LogP contribution in [0.25, 0.3) is 0 Å². The summed E-state index contributed by atoms with van der Waals surface area (Å²) in [5.41, 5.74) is 1.13. The highest BCUT2D eigenvalue weighted by atomic mass is 79.9. The van der Waals surface area contributed by atoms with E-state index in [-0.39, 0.29) is 0 Å². The van der Waals surface area contributed by atoms with Gasteiger partial charge in [0.2, 0.25) is 0 Å². The molecule has 0 atom stereocenters. The van der Waals surface area contributed by atoms with Crippen molar-refractivity contribution in [2.45, 2.75) is 38.0 Å². The average molecular weight is 240 g/mol. The lowest BCUT2D eigenvalue weighted by Gasteiger charge is -2.20. The molecule has 1 aromatic rings. The molecule has 0 spiro atoms. The molecule has 0 saturated heterocycles. The Labute approximate surface area is 86.9 Å². The molecule has 0 amide bonds. The summed E-state index contributed by atoms with van der Waals surface area (Å²) in [4.78, 5) is 8.42. The lowest BCUT2D eigenvalue weighted by molar-refractivity contribution is 0.435. The van der Waals surface area contributed by atoms with Crippen molar-refractivity contribution in [3.8, 4) is 0 Å². The predicted molar refractivity (Wildman–Crippen MR) is 54.4 cm³/mol. The van der Waals surface area contributed by atoms with Crippen LogP contribution < -0.4 is 0 Å². The number of aromatic nitrogens is 2. The van der Waals surface area contributed by atoms with Gasteiger partial charge in [-0.1, -0.05) is 19.3 Å². The first-order chi connectivity index (χ1) is 6.36. The van der Waals surface area contributed by atoms with Gasteiger partial charge in [0.1, 0.15) is 10.8 Å². The van der Waals surface area contributed by atoms with E-state index >= 15 is 0 Å². The lowest BCUT2D eigenvalue weighted by atomic mass is 9.87. The largest absolute Gasteiger partial charge is 0.250 e. The topological polar surface area (TPSA) is 25.8 Å². The molecule has 1 aliphatic carbocycles. The number of halogens is 1. The van der Waals surface area contributed by atoms with Crippen molar-refractivity contribution in [1.29, 1.82) is 0 Å². The van der Waals surface area contributed by atoms with Gasteiger partial charge >= 0.3 is 0 Å². The maximum absolute atomic E-state index is 4.40. The van der Waals surface area contributed by atoms with Gasteiger partial charge in [0.15, 0.2) is 0 Å². The van der Waals surface area contributed by atoms with Gasteiger partial charge in [-0.25, -0.2) is 9.97 Å². The molecule has 1 radical (unpaired) electrons. The summed E-state index contributed by atoms with van der Waals surface area (Å²) >= 11 is 3.30. The first-order valence-electron chi connectivity index (χ1n) is 4.76. The molecule has 2 nitrogen and oxygen atoms in total. The molecule has 0 bridgehead atoms. The maximum Gasteiger partial charge on any atom is 0.134 e. The molecular weight excluding hydrogens is 228 g/mol. The predicted octanol–water partition coefficient (Wildman–Crippen LogP) is 3.09. The van der Waals surface area contributed by atoms with Crippen molar-refractivity contribution in [2.75, 3.05) is 0 Å². The first-order valence-corrected chi connectivity index (χ1v) is 5.55. The van der Waals surface area contributed by atoms with Crippen LogP contribution in [0.1, 0.15) is 43.7 Å². The van der Waals surface area contributed by atoms with Crippen LogP contribution in [0.2, 0.25) is 0 Å². The zero-order valence-electron chi connectivity index (χ0n) is 7.46. The summed E-state index contributed by atoms with van der Waals surface area (Å²) in [6, 6.07) is 0. The number of rotatable bonds is 1. The quantitative estimate of drug-likeness (QED) is 0.753. The monoisotopic (exact) mass is 239 g/mol. The zero-order valence-corrected chi connectivity index (χ0v) is 9.05. The van der Waals surface area contributed by atoms with Crippen LogP contribution >= 0.6 is 15.9 Å². The van der Waals surface area contributed by atoms with Crippen molar-refractivity contribution < 1.29 is 0 Å². The van der Waals surface area contributed by atoms with E-state index in [0.717, 1.165) is 10.3 Å². The smallest absolute Gasteiger partial charge is 0.134 e. The van der Waals surface area contributed by atoms with E-state index in [9.17, 15) is 0 Å². The standard InChI is InChI=1S/C10H12BrN2/c11-10-7-12-6-9(13-10)8-4-2-1-3-5-8/h6,8H,1-5H2. The highest BCUT2D eigenvalue weighted by molar-refractivity contribution is 9.10. The molecule has 2 rings (SSSR count). The number of hydrogen-bond acceptors (Lipinski definition) is 2. The van der Waals surface area contributed by atoms with E-state index in [1.165, 1.54) is 32.1 Å². The molecule has 1 fully saturated rings. The summed E-state index contributed by atoms with van der Waals surface area (Å²) in [5, 5.41) is 0. The molecule has 0 aromatic carbocycles. The van der Waals surface area contributed by atoms with E-state index in [1.807, 2.05) is 6.20 Å². The fourth-order valence-electron chi connectivity index (χ4n) is 1.91. The Morgan fingerprint density at radius 3 is 2.77 bits per heavy atom. The third kappa shape index (κ3) is 2.27. The Balaban J connectivity index is 2.14. The summed E-state index contributed by atoms with van der Waals surface area (Å²) in [6.07, 6.45) is 11.2. The van der Waals surface area contributed by atoms with Crippen molar-refractivity contribution in [1.82, 2.24) is 9.97 Å². The fourth-order valence-corrected chi connectivity index (χ4v) is 2.22. The van der Waals surface area contributed by atoms with Crippen LogP contribution in [-0.4, -0.2) is 9.97 Å². The molecule has 1 saturated carbocycles. The summed E-state index contributed by atoms with van der Waals surface area (Å²) in [7, 11) is 0. The van der Waals surface area contributed by atoms with Crippen LogP contribution in [0, 0.1) is 6.20 Å². The first kappa shape index (κ1) is 9.13. The van der Waals surface area contributed by atoms with E-state index in [2.05, 4.69) is 32.1 Å². The number of hydrogen-bond donors (Lipinski definition) is 0. The second-order valence-corrected chi connectivity index (χ2v) is 4.28. The minimum atomic E-state index is 0.632. The Hall–Kier alpha value is -0.440. The van der Waals surface area contributed by atoms with Crippen molar-refractivity contribution in [3.63, 3.8) is 0 Å². The van der Waals surface area contributed by atoms with Gasteiger partial charge in [0.05, 0.1) is 5.69 Å². The summed E-state index contributed by atoms with van der Waals surface area (Å²) < 4.78 is 0.732. The normalized spacial score (nSPS) is 18.8. The van der Waals surface area contributed by atoms with E-state index in [4.69, 9.17) is 0 Å². The van der Waals surface area contributed by atoms with Crippen molar-refractivity contribution in [2.24, 2.45) is 0 Å². The molecule has 3 heteroatoms. The molecule has 1 aromatic heterocycles. The minimum absolute atomic E-state index is 0.632. The molecule has 0 N–H and O–H groups in total. The average Bonchev–Trinajstić information content (AvgIpc) is 2.19. The van der Waals surface area contributed by atoms with Crippen molar-refractivity contribution in [3.05, 3.63) is 22.7 Å². The third-order valence-corrected chi connectivity index (χ3v) is 2.96. The lowest BCUT2D eigenvalue weighted by Crippen LogP contribution is -2.06. The second-order valence-electron chi connectivity index (χ2n) is 3.53. The van der Waals surface area contributed by atoms with E-state index < -0.39 is 0 Å². The van der Waals surface area contributed by atoms with Gasteiger partial charge < -0.3 is 0 Å². The molecule has 0 unspecified atom stereocenters.